The molecule has 0 bridgehead atoms. The first-order valence-corrected chi connectivity index (χ1v) is 12.9. The van der Waals surface area contributed by atoms with Gasteiger partial charge in [-0.25, -0.2) is 0 Å². The minimum absolute atomic E-state index is 0.0263. The van der Waals surface area contributed by atoms with E-state index in [1.54, 1.807) is 12.1 Å². The quantitative estimate of drug-likeness (QED) is 0.514. The van der Waals surface area contributed by atoms with Crippen LogP contribution in [0.4, 0.5) is 0 Å². The summed E-state index contributed by atoms with van der Waals surface area (Å²) in [5, 5.41) is 0. The van der Waals surface area contributed by atoms with Gasteiger partial charge in [-0.15, -0.1) is 0 Å². The Bertz CT molecular complexity index is 1130. The molecule has 0 aromatic heterocycles. The van der Waals surface area contributed by atoms with Crippen molar-refractivity contribution in [2.75, 3.05) is 0 Å². The van der Waals surface area contributed by atoms with Crippen molar-refractivity contribution in [2.45, 2.75) is 75.0 Å². The van der Waals surface area contributed by atoms with Crippen molar-refractivity contribution in [1.82, 2.24) is 0 Å². The lowest BCUT2D eigenvalue weighted by Gasteiger charge is -2.28. The Kier molecular flexibility index (Phi) is 7.18. The Balaban J connectivity index is 2.87. The smallest absolute Gasteiger partial charge is 0.282 e. The summed E-state index contributed by atoms with van der Waals surface area (Å²) in [7, 11) is -9.28. The van der Waals surface area contributed by atoms with Crippen LogP contribution < -0.4 is 0 Å². The van der Waals surface area contributed by atoms with Gasteiger partial charge in [-0.2, -0.15) is 16.8 Å². The maximum atomic E-state index is 12.2. The minimum atomic E-state index is -4.65. The highest BCUT2D eigenvalue weighted by molar-refractivity contribution is 7.86. The van der Waals surface area contributed by atoms with Crippen molar-refractivity contribution in [3.8, 4) is 11.1 Å². The first kappa shape index (κ1) is 24.5. The molecule has 0 saturated carbocycles. The second-order valence-electron chi connectivity index (χ2n) is 7.99. The van der Waals surface area contributed by atoms with Gasteiger partial charge in [0.1, 0.15) is 9.79 Å². The summed E-state index contributed by atoms with van der Waals surface area (Å²) in [6, 6.07) is 9.19. The molecule has 0 heterocycles. The number of hydrogen-bond acceptors (Lipinski definition) is 4. The van der Waals surface area contributed by atoms with Crippen molar-refractivity contribution in [3.63, 3.8) is 0 Å². The molecular formula is C22H30O6S2. The van der Waals surface area contributed by atoms with Gasteiger partial charge in [0.15, 0.2) is 0 Å². The average molecular weight is 455 g/mol. The van der Waals surface area contributed by atoms with Gasteiger partial charge in [0, 0.05) is 11.1 Å². The number of benzene rings is 2. The Morgan fingerprint density at radius 1 is 0.833 bits per heavy atom. The van der Waals surface area contributed by atoms with Crippen LogP contribution >= 0.6 is 0 Å². The van der Waals surface area contributed by atoms with Crippen LogP contribution in [0.5, 0.6) is 0 Å². The Hall–Kier alpha value is -1.74. The Labute approximate surface area is 179 Å². The normalized spacial score (nSPS) is 14.0. The van der Waals surface area contributed by atoms with Gasteiger partial charge in [-0.05, 0) is 53.9 Å². The zero-order valence-corrected chi connectivity index (χ0v) is 19.6. The summed E-state index contributed by atoms with van der Waals surface area (Å²) < 4.78 is 68.4. The van der Waals surface area contributed by atoms with Gasteiger partial charge in [-0.3, -0.25) is 9.11 Å². The third kappa shape index (κ3) is 4.94. The van der Waals surface area contributed by atoms with E-state index in [0.717, 1.165) is 24.8 Å². The minimum Gasteiger partial charge on any atom is -0.282 e. The van der Waals surface area contributed by atoms with E-state index in [0.29, 0.717) is 5.56 Å². The van der Waals surface area contributed by atoms with Crippen molar-refractivity contribution in [3.05, 3.63) is 47.5 Å². The molecule has 166 valence electrons. The molecule has 2 rings (SSSR count). The summed E-state index contributed by atoms with van der Waals surface area (Å²) >= 11 is 0. The summed E-state index contributed by atoms with van der Waals surface area (Å²) in [5.74, 6) is 0.0535. The van der Waals surface area contributed by atoms with Gasteiger partial charge >= 0.3 is 0 Å². The highest BCUT2D eigenvalue weighted by Gasteiger charge is 2.28. The van der Waals surface area contributed by atoms with Crippen molar-refractivity contribution >= 4 is 20.2 Å². The topological polar surface area (TPSA) is 109 Å². The van der Waals surface area contributed by atoms with E-state index in [1.807, 2.05) is 34.6 Å². The fraction of sp³-hybridized carbons (Fsp3) is 0.455. The molecule has 1 unspecified atom stereocenters. The van der Waals surface area contributed by atoms with E-state index in [-0.39, 0.29) is 32.3 Å². The molecule has 0 aliphatic rings. The van der Waals surface area contributed by atoms with Crippen LogP contribution in [0, 0.1) is 0 Å². The van der Waals surface area contributed by atoms with Gasteiger partial charge in [-0.1, -0.05) is 58.9 Å². The molecule has 0 fully saturated rings. The van der Waals surface area contributed by atoms with E-state index in [2.05, 4.69) is 0 Å². The van der Waals surface area contributed by atoms with Crippen molar-refractivity contribution in [2.24, 2.45) is 0 Å². The Morgan fingerprint density at radius 2 is 1.30 bits per heavy atom. The second kappa shape index (κ2) is 8.78. The van der Waals surface area contributed by atoms with Crippen molar-refractivity contribution < 1.29 is 25.9 Å². The maximum absolute atomic E-state index is 12.2. The molecule has 2 aromatic carbocycles. The fourth-order valence-electron chi connectivity index (χ4n) is 3.51. The zero-order valence-electron chi connectivity index (χ0n) is 18.0. The van der Waals surface area contributed by atoms with Crippen LogP contribution in [-0.4, -0.2) is 25.9 Å². The van der Waals surface area contributed by atoms with E-state index < -0.39 is 20.2 Å². The monoisotopic (exact) mass is 454 g/mol. The van der Waals surface area contributed by atoms with Crippen molar-refractivity contribution in [1.29, 1.82) is 0 Å². The van der Waals surface area contributed by atoms with E-state index in [4.69, 9.17) is 0 Å². The number of hydrogen-bond donors (Lipinski definition) is 2. The van der Waals surface area contributed by atoms with Crippen LogP contribution in [0.25, 0.3) is 11.1 Å². The lowest BCUT2D eigenvalue weighted by Crippen LogP contribution is -2.20. The zero-order chi connectivity index (χ0) is 22.9. The first-order chi connectivity index (χ1) is 13.8. The van der Waals surface area contributed by atoms with Crippen LogP contribution in [0.2, 0.25) is 0 Å². The van der Waals surface area contributed by atoms with E-state index >= 15 is 0 Å². The standard InChI is InChI=1S/C22H30O6S2/c1-6-15(4)16-9-11-18(20(13-16)29(23,24)25)19-12-10-17(22(5,7-2)8-3)14-21(19)30(26,27)28/h9-15H,6-8H2,1-5H3,(H,23,24,25)(H,26,27,28). The SMILES string of the molecule is CCC(C)c1ccc(-c2ccc(C(C)(CC)CC)cc2S(=O)(=O)O)c(S(=O)(=O)O)c1. The molecule has 6 nitrogen and oxygen atoms in total. The lowest BCUT2D eigenvalue weighted by atomic mass is 9.77. The second-order valence-corrected chi connectivity index (χ2v) is 10.8. The molecule has 0 amide bonds. The average Bonchev–Trinajstić information content (AvgIpc) is 2.70. The fourth-order valence-corrected chi connectivity index (χ4v) is 4.98. The molecule has 1 atom stereocenters. The predicted molar refractivity (Wildman–Crippen MR) is 118 cm³/mol. The predicted octanol–water partition coefficient (Wildman–Crippen LogP) is 5.44. The molecule has 0 radical (unpaired) electrons. The molecular weight excluding hydrogens is 424 g/mol. The van der Waals surface area contributed by atoms with Crippen LogP contribution in [-0.2, 0) is 25.7 Å². The van der Waals surface area contributed by atoms with Crippen LogP contribution in [0.15, 0.2) is 46.2 Å². The van der Waals surface area contributed by atoms with E-state index in [9.17, 15) is 25.9 Å². The van der Waals surface area contributed by atoms with Crippen LogP contribution in [0.1, 0.15) is 70.9 Å². The molecule has 0 aliphatic heterocycles. The number of rotatable bonds is 8. The molecule has 0 spiro atoms. The summed E-state index contributed by atoms with van der Waals surface area (Å²) in [6.45, 7) is 9.88. The van der Waals surface area contributed by atoms with E-state index in [1.165, 1.54) is 24.3 Å². The summed E-state index contributed by atoms with van der Waals surface area (Å²) in [4.78, 5) is -0.763. The van der Waals surface area contributed by atoms with Gasteiger partial charge < -0.3 is 0 Å². The maximum Gasteiger partial charge on any atom is 0.295 e. The highest BCUT2D eigenvalue weighted by atomic mass is 32.2. The van der Waals surface area contributed by atoms with Crippen LogP contribution in [0.3, 0.4) is 0 Å². The summed E-state index contributed by atoms with van der Waals surface area (Å²) in [5.41, 5.74) is 1.19. The summed E-state index contributed by atoms with van der Waals surface area (Å²) in [6.07, 6.45) is 2.28. The molecule has 2 N–H and O–H groups in total. The Morgan fingerprint density at radius 3 is 1.73 bits per heavy atom. The molecule has 30 heavy (non-hydrogen) atoms. The first-order valence-electron chi connectivity index (χ1n) is 10.0. The lowest BCUT2D eigenvalue weighted by molar-refractivity contribution is 0.437. The molecule has 0 aliphatic carbocycles. The largest absolute Gasteiger partial charge is 0.295 e. The van der Waals surface area contributed by atoms with Gasteiger partial charge in [0.2, 0.25) is 0 Å². The third-order valence-electron chi connectivity index (χ3n) is 6.27. The molecule has 8 heteroatoms. The molecule has 0 saturated heterocycles. The molecule has 2 aromatic rings. The van der Waals surface area contributed by atoms with Gasteiger partial charge in [0.05, 0.1) is 0 Å². The highest BCUT2D eigenvalue weighted by Crippen LogP contribution is 2.39. The van der Waals surface area contributed by atoms with Gasteiger partial charge in [0.25, 0.3) is 20.2 Å². The third-order valence-corrected chi connectivity index (χ3v) is 8.06.